The van der Waals surface area contributed by atoms with E-state index >= 15 is 0 Å². The summed E-state index contributed by atoms with van der Waals surface area (Å²) in [6.07, 6.45) is 3.47. The van der Waals surface area contributed by atoms with E-state index in [0.29, 0.717) is 12.3 Å². The van der Waals surface area contributed by atoms with Gasteiger partial charge in [0, 0.05) is 37.7 Å². The Bertz CT molecular complexity index is 848. The van der Waals surface area contributed by atoms with Gasteiger partial charge in [-0.15, -0.1) is 0 Å². The van der Waals surface area contributed by atoms with Gasteiger partial charge in [-0.2, -0.15) is 5.10 Å². The molecule has 9 heteroatoms. The van der Waals surface area contributed by atoms with Crippen LogP contribution in [0.5, 0.6) is 5.75 Å². The summed E-state index contributed by atoms with van der Waals surface area (Å²) >= 11 is 0. The minimum Gasteiger partial charge on any atom is -0.494 e. The van der Waals surface area contributed by atoms with Crippen molar-refractivity contribution < 1.29 is 17.9 Å². The van der Waals surface area contributed by atoms with E-state index in [9.17, 15) is 13.2 Å². The molecule has 0 saturated carbocycles. The predicted molar refractivity (Wildman–Crippen MR) is 99.3 cm³/mol. The normalized spacial score (nSPS) is 11.2. The first kappa shape index (κ1) is 19.8. The lowest BCUT2D eigenvalue weighted by Crippen LogP contribution is -2.39. The standard InChI is InChI=1S/C17H24N4O4S/c1-4-26(23,24)10-9-20(2)17(22)18-11-14-12-19-21(13-14)15-7-5-6-8-16(15)25-3/h5-8,12-13H,4,9-11H2,1-3H3,(H,18,22). The van der Waals surface area contributed by atoms with Crippen molar-refractivity contribution in [2.45, 2.75) is 13.5 Å². The molecule has 0 bridgehead atoms. The Morgan fingerprint density at radius 2 is 2.08 bits per heavy atom. The molecule has 2 rings (SSSR count). The molecular formula is C17H24N4O4S. The third-order valence-corrected chi connectivity index (χ3v) is 5.62. The fourth-order valence-corrected chi connectivity index (χ4v) is 3.08. The monoisotopic (exact) mass is 380 g/mol. The fraction of sp³-hybridized carbons (Fsp3) is 0.412. The van der Waals surface area contributed by atoms with Crippen LogP contribution in [-0.4, -0.2) is 61.3 Å². The zero-order chi connectivity index (χ0) is 19.2. The van der Waals surface area contributed by atoms with Crippen LogP contribution < -0.4 is 10.1 Å². The van der Waals surface area contributed by atoms with Gasteiger partial charge in [0.05, 0.1) is 19.1 Å². The minimum absolute atomic E-state index is 0.0425. The van der Waals surface area contributed by atoms with Gasteiger partial charge < -0.3 is 15.0 Å². The number of hydrogen-bond acceptors (Lipinski definition) is 5. The number of carbonyl (C=O) groups is 1. The molecule has 0 spiro atoms. The van der Waals surface area contributed by atoms with E-state index < -0.39 is 9.84 Å². The van der Waals surface area contributed by atoms with Crippen molar-refractivity contribution in [3.63, 3.8) is 0 Å². The molecule has 2 amide bonds. The van der Waals surface area contributed by atoms with Crippen molar-refractivity contribution in [2.24, 2.45) is 0 Å². The SMILES string of the molecule is CCS(=O)(=O)CCN(C)C(=O)NCc1cnn(-c2ccccc2OC)c1. The molecule has 0 radical (unpaired) electrons. The van der Waals surface area contributed by atoms with Crippen LogP contribution in [0.4, 0.5) is 4.79 Å². The molecule has 0 atom stereocenters. The second-order valence-electron chi connectivity index (χ2n) is 5.78. The highest BCUT2D eigenvalue weighted by Crippen LogP contribution is 2.21. The molecule has 0 fully saturated rings. The van der Waals surface area contributed by atoms with Crippen molar-refractivity contribution in [3.05, 3.63) is 42.2 Å². The molecule has 1 N–H and O–H groups in total. The number of nitrogens with one attached hydrogen (secondary N) is 1. The molecule has 0 unspecified atom stereocenters. The number of aromatic nitrogens is 2. The van der Waals surface area contributed by atoms with Crippen molar-refractivity contribution >= 4 is 15.9 Å². The lowest BCUT2D eigenvalue weighted by Gasteiger charge is -2.17. The highest BCUT2D eigenvalue weighted by molar-refractivity contribution is 7.91. The molecule has 1 aromatic heterocycles. The molecule has 142 valence electrons. The highest BCUT2D eigenvalue weighted by Gasteiger charge is 2.14. The Kier molecular flexibility index (Phi) is 6.62. The Balaban J connectivity index is 1.92. The van der Waals surface area contributed by atoms with Crippen molar-refractivity contribution in [2.75, 3.05) is 32.2 Å². The third-order valence-electron chi connectivity index (χ3n) is 3.94. The number of benzene rings is 1. The van der Waals surface area contributed by atoms with Crippen molar-refractivity contribution in [1.82, 2.24) is 20.0 Å². The van der Waals surface area contributed by atoms with Crippen LogP contribution in [0.25, 0.3) is 5.69 Å². The Morgan fingerprint density at radius 1 is 1.35 bits per heavy atom. The number of amides is 2. The maximum atomic E-state index is 12.1. The molecule has 2 aromatic rings. The minimum atomic E-state index is -3.10. The van der Waals surface area contributed by atoms with Gasteiger partial charge in [-0.25, -0.2) is 17.9 Å². The number of urea groups is 1. The molecule has 1 aromatic carbocycles. The van der Waals surface area contributed by atoms with Crippen LogP contribution >= 0.6 is 0 Å². The number of hydrogen-bond donors (Lipinski definition) is 1. The van der Waals surface area contributed by atoms with Crippen LogP contribution in [0.2, 0.25) is 0 Å². The van der Waals surface area contributed by atoms with Crippen LogP contribution in [0.15, 0.2) is 36.7 Å². The molecule has 0 aliphatic carbocycles. The van der Waals surface area contributed by atoms with E-state index in [1.165, 1.54) is 4.90 Å². The van der Waals surface area contributed by atoms with E-state index in [1.54, 1.807) is 38.2 Å². The van der Waals surface area contributed by atoms with Crippen LogP contribution in [0.1, 0.15) is 12.5 Å². The van der Waals surface area contributed by atoms with Crippen LogP contribution in [0, 0.1) is 0 Å². The van der Waals surface area contributed by atoms with Crippen LogP contribution in [-0.2, 0) is 16.4 Å². The van der Waals surface area contributed by atoms with Crippen molar-refractivity contribution in [3.8, 4) is 11.4 Å². The first-order valence-electron chi connectivity index (χ1n) is 8.22. The topological polar surface area (TPSA) is 93.5 Å². The number of rotatable bonds is 8. The van der Waals surface area contributed by atoms with Crippen molar-refractivity contribution in [1.29, 1.82) is 0 Å². The van der Waals surface area contributed by atoms with E-state index in [-0.39, 0.29) is 24.1 Å². The lowest BCUT2D eigenvalue weighted by molar-refractivity contribution is 0.211. The van der Waals surface area contributed by atoms with E-state index in [4.69, 9.17) is 4.74 Å². The van der Waals surface area contributed by atoms with Gasteiger partial charge >= 0.3 is 6.03 Å². The van der Waals surface area contributed by atoms with Gasteiger partial charge in [-0.3, -0.25) is 0 Å². The zero-order valence-corrected chi connectivity index (χ0v) is 16.0. The number of nitrogens with zero attached hydrogens (tertiary/aromatic N) is 3. The summed E-state index contributed by atoms with van der Waals surface area (Å²) in [5.41, 5.74) is 1.62. The second-order valence-corrected chi connectivity index (χ2v) is 8.25. The van der Waals surface area contributed by atoms with E-state index in [2.05, 4.69) is 10.4 Å². The molecule has 0 aliphatic rings. The number of methoxy groups -OCH3 is 1. The van der Waals surface area contributed by atoms with Gasteiger partial charge in [0.1, 0.15) is 11.4 Å². The Hall–Kier alpha value is -2.55. The summed E-state index contributed by atoms with van der Waals surface area (Å²) in [7, 11) is 0.0675. The highest BCUT2D eigenvalue weighted by atomic mass is 32.2. The van der Waals surface area contributed by atoms with E-state index in [0.717, 1.165) is 11.3 Å². The summed E-state index contributed by atoms with van der Waals surface area (Å²) in [4.78, 5) is 13.4. The molecular weight excluding hydrogens is 356 g/mol. The summed E-state index contributed by atoms with van der Waals surface area (Å²) in [6, 6.07) is 7.16. The predicted octanol–water partition coefficient (Wildman–Crippen LogP) is 1.46. The van der Waals surface area contributed by atoms with Gasteiger partial charge in [0.2, 0.25) is 0 Å². The quantitative estimate of drug-likeness (QED) is 0.748. The summed E-state index contributed by atoms with van der Waals surface area (Å²) in [5.74, 6) is 0.729. The average Bonchev–Trinajstić information content (AvgIpc) is 3.13. The summed E-state index contributed by atoms with van der Waals surface area (Å²) in [5, 5.41) is 7.04. The fourth-order valence-electron chi connectivity index (χ4n) is 2.24. The number of carbonyl (C=O) groups excluding carboxylic acids is 1. The first-order chi connectivity index (χ1) is 12.4. The number of sulfone groups is 1. The first-order valence-corrected chi connectivity index (χ1v) is 10.0. The van der Waals surface area contributed by atoms with Gasteiger partial charge in [0.25, 0.3) is 0 Å². The second kappa shape index (κ2) is 8.70. The Morgan fingerprint density at radius 3 is 2.77 bits per heavy atom. The molecule has 0 saturated heterocycles. The maximum absolute atomic E-state index is 12.1. The third kappa shape index (κ3) is 5.22. The lowest BCUT2D eigenvalue weighted by atomic mass is 10.3. The molecule has 8 nitrogen and oxygen atoms in total. The van der Waals surface area contributed by atoms with Crippen LogP contribution in [0.3, 0.4) is 0 Å². The van der Waals surface area contributed by atoms with Gasteiger partial charge in [-0.1, -0.05) is 19.1 Å². The van der Waals surface area contributed by atoms with Gasteiger partial charge in [-0.05, 0) is 12.1 Å². The summed E-state index contributed by atoms with van der Waals surface area (Å²) < 4.78 is 30.0. The zero-order valence-electron chi connectivity index (χ0n) is 15.2. The van der Waals surface area contributed by atoms with Gasteiger partial charge in [0.15, 0.2) is 9.84 Å². The molecule has 1 heterocycles. The molecule has 0 aliphatic heterocycles. The smallest absolute Gasteiger partial charge is 0.317 e. The number of para-hydroxylation sites is 2. The molecule has 26 heavy (non-hydrogen) atoms. The largest absolute Gasteiger partial charge is 0.494 e. The Labute approximate surface area is 153 Å². The number of ether oxygens (including phenoxy) is 1. The average molecular weight is 380 g/mol. The summed E-state index contributed by atoms with van der Waals surface area (Å²) in [6.45, 7) is 2.04. The maximum Gasteiger partial charge on any atom is 0.317 e. The van der Waals surface area contributed by atoms with E-state index in [1.807, 2.05) is 24.3 Å².